The van der Waals surface area contributed by atoms with Crippen LogP contribution >= 0.6 is 26.8 Å². The SMILES string of the molecule is CCOP(=O)(OCC)C(C)O[As](CC(C)Cl)OC(C)P(=O)(OCC)OCC. The van der Waals surface area contributed by atoms with E-state index in [0.29, 0.717) is 5.21 Å². The van der Waals surface area contributed by atoms with Crippen LogP contribution in [0.25, 0.3) is 0 Å². The summed E-state index contributed by atoms with van der Waals surface area (Å²) in [7, 11) is -6.92. The fourth-order valence-electron chi connectivity index (χ4n) is 1.99. The zero-order valence-corrected chi connectivity index (χ0v) is 21.7. The van der Waals surface area contributed by atoms with E-state index < -0.39 is 42.2 Å². The van der Waals surface area contributed by atoms with Crippen LogP contribution in [0.4, 0.5) is 0 Å². The van der Waals surface area contributed by atoms with E-state index in [9.17, 15) is 9.13 Å². The van der Waals surface area contributed by atoms with Gasteiger partial charge in [-0.2, -0.15) is 0 Å². The predicted octanol–water partition coefficient (Wildman–Crippen LogP) is 5.36. The third-order valence-corrected chi connectivity index (χ3v) is 13.0. The van der Waals surface area contributed by atoms with Crippen LogP contribution in [0.2, 0.25) is 5.21 Å². The van der Waals surface area contributed by atoms with E-state index in [1.54, 1.807) is 48.5 Å². The first-order chi connectivity index (χ1) is 12.6. The summed E-state index contributed by atoms with van der Waals surface area (Å²) in [6, 6.07) is 0. The van der Waals surface area contributed by atoms with Gasteiger partial charge in [0.2, 0.25) is 0 Å². The summed E-state index contributed by atoms with van der Waals surface area (Å²) in [6.07, 6.45) is 0. The van der Waals surface area contributed by atoms with E-state index in [2.05, 4.69) is 0 Å². The number of hydrogen-bond acceptors (Lipinski definition) is 8. The van der Waals surface area contributed by atoms with E-state index in [1.165, 1.54) is 0 Å². The average molecular weight is 515 g/mol. The monoisotopic (exact) mass is 514 g/mol. The molecular weight excluding hydrogens is 480 g/mol. The molecule has 0 heterocycles. The first-order valence-corrected chi connectivity index (χ1v) is 15.6. The van der Waals surface area contributed by atoms with Crippen molar-refractivity contribution in [3.63, 3.8) is 0 Å². The molecule has 12 heteroatoms. The first-order valence-electron chi connectivity index (χ1n) is 9.11. The topological polar surface area (TPSA) is 89.5 Å². The van der Waals surface area contributed by atoms with Crippen molar-refractivity contribution in [3.05, 3.63) is 0 Å². The molecule has 0 aromatic heterocycles. The van der Waals surface area contributed by atoms with Gasteiger partial charge in [-0.3, -0.25) is 0 Å². The molecule has 164 valence electrons. The van der Waals surface area contributed by atoms with E-state index in [0.717, 1.165) is 0 Å². The zero-order chi connectivity index (χ0) is 21.1. The minimum atomic E-state index is -3.46. The Morgan fingerprint density at radius 2 is 1.04 bits per heavy atom. The average Bonchev–Trinajstić information content (AvgIpc) is 2.54. The third-order valence-electron chi connectivity index (χ3n) is 3.07. The molecule has 0 radical (unpaired) electrons. The quantitative estimate of drug-likeness (QED) is 0.154. The van der Waals surface area contributed by atoms with Crippen molar-refractivity contribution in [2.75, 3.05) is 26.4 Å². The molecule has 3 atom stereocenters. The molecule has 27 heavy (non-hydrogen) atoms. The molecule has 0 fully saturated rings. The van der Waals surface area contributed by atoms with Gasteiger partial charge < -0.3 is 0 Å². The summed E-state index contributed by atoms with van der Waals surface area (Å²) in [6.45, 7) is 12.9. The molecule has 0 saturated carbocycles. The second-order valence-corrected chi connectivity index (χ2v) is 13.9. The second kappa shape index (κ2) is 14.1. The molecule has 0 saturated heterocycles. The molecule has 0 N–H and O–H groups in total. The zero-order valence-electron chi connectivity index (χ0n) is 17.3. The van der Waals surface area contributed by atoms with Crippen LogP contribution in [0.5, 0.6) is 0 Å². The van der Waals surface area contributed by atoms with Crippen molar-refractivity contribution in [1.29, 1.82) is 0 Å². The van der Waals surface area contributed by atoms with Crippen molar-refractivity contribution in [1.82, 2.24) is 0 Å². The number of rotatable bonds is 16. The van der Waals surface area contributed by atoms with Crippen molar-refractivity contribution < 1.29 is 34.7 Å². The molecule has 3 unspecified atom stereocenters. The molecular formula is C15H34AsClO8P2. The maximum absolute atomic E-state index is 12.9. The van der Waals surface area contributed by atoms with Crippen LogP contribution in [0.15, 0.2) is 0 Å². The van der Waals surface area contributed by atoms with Crippen molar-refractivity contribution in [2.24, 2.45) is 0 Å². The van der Waals surface area contributed by atoms with E-state index in [1.807, 2.05) is 0 Å². The fourth-order valence-corrected chi connectivity index (χ4v) is 10.5. The minimum absolute atomic E-state index is 0.227. The maximum atomic E-state index is 12.9. The van der Waals surface area contributed by atoms with Gasteiger partial charge in [-0.25, -0.2) is 0 Å². The third kappa shape index (κ3) is 10.1. The van der Waals surface area contributed by atoms with Gasteiger partial charge >= 0.3 is 174 Å². The standard InChI is InChI=1S/C15H34AsClO8P2/c1-8-20-26(18,21-9-2)14(6)24-16(12-13(5)17)25-15(7)27(19,22-10-3)23-11-4/h13-15H,8-12H2,1-7H3. The number of hydrogen-bond donors (Lipinski definition) is 0. The van der Waals surface area contributed by atoms with E-state index >= 15 is 0 Å². The van der Waals surface area contributed by atoms with Gasteiger partial charge in [-0.15, -0.1) is 0 Å². The molecule has 0 aliphatic rings. The second-order valence-electron chi connectivity index (χ2n) is 5.46. The molecule has 0 spiro atoms. The summed E-state index contributed by atoms with van der Waals surface area (Å²) >= 11 is 3.54. The summed E-state index contributed by atoms with van der Waals surface area (Å²) in [5, 5.41) is 0.182. The van der Waals surface area contributed by atoms with Crippen LogP contribution in [-0.2, 0) is 34.7 Å². The van der Waals surface area contributed by atoms with Crippen molar-refractivity contribution >= 4 is 42.1 Å². The molecule has 0 aromatic carbocycles. The van der Waals surface area contributed by atoms with Crippen molar-refractivity contribution in [2.45, 2.75) is 70.7 Å². The summed E-state index contributed by atoms with van der Waals surface area (Å²) in [4.78, 5) is 0. The van der Waals surface area contributed by atoms with Crippen LogP contribution in [0, 0.1) is 0 Å². The van der Waals surface area contributed by atoms with E-state index in [4.69, 9.17) is 37.1 Å². The summed E-state index contributed by atoms with van der Waals surface area (Å²) < 4.78 is 59.0. The fraction of sp³-hybridized carbons (Fsp3) is 1.00. The molecule has 0 aliphatic heterocycles. The molecule has 0 amide bonds. The van der Waals surface area contributed by atoms with Crippen LogP contribution in [0.3, 0.4) is 0 Å². The Kier molecular flexibility index (Phi) is 14.7. The van der Waals surface area contributed by atoms with Gasteiger partial charge in [-0.1, -0.05) is 0 Å². The molecule has 0 aromatic rings. The number of alkyl halides is 1. The Bertz CT molecular complexity index is 438. The van der Waals surface area contributed by atoms with E-state index in [-0.39, 0.29) is 31.8 Å². The Morgan fingerprint density at radius 1 is 0.741 bits per heavy atom. The van der Waals surface area contributed by atoms with Crippen LogP contribution in [-0.4, -0.2) is 58.8 Å². The van der Waals surface area contributed by atoms with Gasteiger partial charge in [0.15, 0.2) is 0 Å². The van der Waals surface area contributed by atoms with Crippen LogP contribution in [0.1, 0.15) is 48.5 Å². The Balaban J connectivity index is 5.31. The Labute approximate surface area is 173 Å². The Hall–Kier alpha value is 1.07. The first kappa shape index (κ1) is 28.1. The normalized spacial score (nSPS) is 17.5. The summed E-state index contributed by atoms with van der Waals surface area (Å²) in [5.41, 5.74) is 0. The predicted molar refractivity (Wildman–Crippen MR) is 109 cm³/mol. The van der Waals surface area contributed by atoms with Gasteiger partial charge in [0.25, 0.3) is 0 Å². The van der Waals surface area contributed by atoms with Gasteiger partial charge in [-0.05, 0) is 0 Å². The molecule has 0 bridgehead atoms. The van der Waals surface area contributed by atoms with Gasteiger partial charge in [0.05, 0.1) is 0 Å². The molecule has 0 aliphatic carbocycles. The van der Waals surface area contributed by atoms with Crippen LogP contribution < -0.4 is 0 Å². The number of halogens is 1. The Morgan fingerprint density at radius 3 is 1.26 bits per heavy atom. The summed E-state index contributed by atoms with van der Waals surface area (Å²) in [5.74, 6) is -1.67. The van der Waals surface area contributed by atoms with Crippen molar-refractivity contribution in [3.8, 4) is 0 Å². The molecule has 8 nitrogen and oxygen atoms in total. The van der Waals surface area contributed by atoms with Gasteiger partial charge in [0, 0.05) is 0 Å². The van der Waals surface area contributed by atoms with Gasteiger partial charge in [0.1, 0.15) is 0 Å². The molecule has 0 rings (SSSR count).